The number of hydrogen-bond donors (Lipinski definition) is 1. The summed E-state index contributed by atoms with van der Waals surface area (Å²) in [6, 6.07) is 15.4. The molecule has 0 spiro atoms. The number of benzene rings is 2. The topological polar surface area (TPSA) is 74.1 Å². The molecule has 0 bridgehead atoms. The minimum atomic E-state index is -0.200. The number of aromatic nitrogens is 1. The summed E-state index contributed by atoms with van der Waals surface area (Å²) in [5.41, 5.74) is 7.51. The average Bonchev–Trinajstić information content (AvgIpc) is 3.32. The van der Waals surface area contributed by atoms with E-state index >= 15 is 0 Å². The lowest BCUT2D eigenvalue weighted by molar-refractivity contribution is -0.120. The number of aryl methyl sites for hydroxylation is 1. The Morgan fingerprint density at radius 2 is 1.90 bits per heavy atom. The van der Waals surface area contributed by atoms with Crippen LogP contribution in [0.3, 0.4) is 0 Å². The highest BCUT2D eigenvalue weighted by Gasteiger charge is 2.14. The molecule has 7 heteroatoms. The van der Waals surface area contributed by atoms with E-state index in [9.17, 15) is 4.79 Å². The summed E-state index contributed by atoms with van der Waals surface area (Å²) in [6.45, 7) is 4.27. The number of amides is 1. The van der Waals surface area contributed by atoms with Gasteiger partial charge in [-0.2, -0.15) is 5.10 Å². The number of hydrazone groups is 1. The molecule has 1 aliphatic heterocycles. The molecule has 0 saturated carbocycles. The van der Waals surface area contributed by atoms with Crippen molar-refractivity contribution < 1.29 is 19.0 Å². The van der Waals surface area contributed by atoms with Gasteiger partial charge in [0.25, 0.3) is 0 Å². The first-order valence-corrected chi connectivity index (χ1v) is 9.59. The van der Waals surface area contributed by atoms with Crippen LogP contribution >= 0.6 is 0 Å². The Balaban J connectivity index is 1.42. The fourth-order valence-electron chi connectivity index (χ4n) is 3.50. The molecule has 1 aliphatic rings. The number of nitrogens with zero attached hydrogens (tertiary/aromatic N) is 2. The minimum absolute atomic E-state index is 0.200. The Hall–Kier alpha value is -3.74. The summed E-state index contributed by atoms with van der Waals surface area (Å²) in [7, 11) is 1.65. The van der Waals surface area contributed by atoms with Gasteiger partial charge in [-0.05, 0) is 61.9 Å². The highest BCUT2D eigenvalue weighted by Crippen LogP contribution is 2.32. The maximum atomic E-state index is 12.2. The summed E-state index contributed by atoms with van der Waals surface area (Å²) in [6.07, 6.45) is 1.87. The van der Waals surface area contributed by atoms with Crippen molar-refractivity contribution in [1.29, 1.82) is 0 Å². The lowest BCUT2D eigenvalue weighted by Gasteiger charge is -2.10. The van der Waals surface area contributed by atoms with Crippen LogP contribution in [-0.2, 0) is 11.2 Å². The van der Waals surface area contributed by atoms with E-state index in [1.165, 1.54) is 0 Å². The van der Waals surface area contributed by atoms with Gasteiger partial charge < -0.3 is 18.8 Å². The van der Waals surface area contributed by atoms with Crippen molar-refractivity contribution in [1.82, 2.24) is 9.99 Å². The molecule has 1 aromatic heterocycles. The van der Waals surface area contributed by atoms with Gasteiger partial charge in [-0.15, -0.1) is 0 Å². The average molecular weight is 405 g/mol. The van der Waals surface area contributed by atoms with E-state index in [0.29, 0.717) is 11.5 Å². The highest BCUT2D eigenvalue weighted by molar-refractivity contribution is 5.85. The first-order chi connectivity index (χ1) is 14.5. The zero-order valence-corrected chi connectivity index (χ0v) is 17.1. The molecule has 0 unspecified atom stereocenters. The molecule has 7 nitrogen and oxygen atoms in total. The van der Waals surface area contributed by atoms with Crippen LogP contribution in [0.1, 0.15) is 22.5 Å². The van der Waals surface area contributed by atoms with Crippen LogP contribution in [0.25, 0.3) is 5.69 Å². The summed E-state index contributed by atoms with van der Waals surface area (Å²) in [5, 5.41) is 4.13. The van der Waals surface area contributed by atoms with Crippen molar-refractivity contribution in [2.75, 3.05) is 13.9 Å². The van der Waals surface area contributed by atoms with E-state index in [1.54, 1.807) is 13.3 Å². The number of nitrogens with one attached hydrogen (secondary N) is 1. The molecule has 0 aliphatic carbocycles. The molecule has 0 fully saturated rings. The third-order valence-corrected chi connectivity index (χ3v) is 5.00. The van der Waals surface area contributed by atoms with Crippen LogP contribution in [-0.4, -0.2) is 30.6 Å². The number of hydrogen-bond acceptors (Lipinski definition) is 5. The second-order valence-corrected chi connectivity index (χ2v) is 7.02. The van der Waals surface area contributed by atoms with Crippen LogP contribution in [0, 0.1) is 13.8 Å². The molecule has 30 heavy (non-hydrogen) atoms. The number of ether oxygens (including phenoxy) is 3. The molecule has 0 radical (unpaired) electrons. The van der Waals surface area contributed by atoms with Crippen LogP contribution in [0.15, 0.2) is 53.6 Å². The van der Waals surface area contributed by atoms with Crippen molar-refractivity contribution in [3.63, 3.8) is 0 Å². The predicted molar refractivity (Wildman–Crippen MR) is 114 cm³/mol. The molecule has 0 atom stereocenters. The van der Waals surface area contributed by atoms with E-state index in [2.05, 4.69) is 15.1 Å². The predicted octanol–water partition coefficient (Wildman–Crippen LogP) is 3.52. The zero-order valence-electron chi connectivity index (χ0n) is 17.1. The Bertz CT molecular complexity index is 1100. The van der Waals surface area contributed by atoms with Crippen LogP contribution in [0.4, 0.5) is 0 Å². The SMILES string of the molecule is COc1ccc(-n2c(C)cc(/C=N\NC(=O)Cc3ccc4c(c3)OCO4)c2C)cc1. The van der Waals surface area contributed by atoms with Crippen molar-refractivity contribution in [3.8, 4) is 22.9 Å². The first-order valence-electron chi connectivity index (χ1n) is 9.59. The molecular formula is C23H23N3O4. The van der Waals surface area contributed by atoms with Crippen LogP contribution in [0.2, 0.25) is 0 Å². The maximum absolute atomic E-state index is 12.2. The number of fused-ring (bicyclic) bond motifs is 1. The standard InChI is InChI=1S/C23H23N3O4/c1-15-10-18(16(2)26(15)19-5-7-20(28-3)8-6-19)13-24-25-23(27)12-17-4-9-21-22(11-17)30-14-29-21/h4-11,13H,12,14H2,1-3H3,(H,25,27)/b24-13-. The van der Waals surface area contributed by atoms with Gasteiger partial charge in [-0.3, -0.25) is 4.79 Å². The van der Waals surface area contributed by atoms with E-state index in [4.69, 9.17) is 14.2 Å². The molecule has 4 rings (SSSR count). The number of rotatable bonds is 6. The monoisotopic (exact) mass is 405 g/mol. The summed E-state index contributed by atoms with van der Waals surface area (Å²) in [5.74, 6) is 1.97. The molecule has 2 heterocycles. The number of methoxy groups -OCH3 is 1. The van der Waals surface area contributed by atoms with Gasteiger partial charge in [0.2, 0.25) is 12.7 Å². The molecule has 0 saturated heterocycles. The van der Waals surface area contributed by atoms with Gasteiger partial charge in [0.1, 0.15) is 5.75 Å². The van der Waals surface area contributed by atoms with Crippen molar-refractivity contribution in [3.05, 3.63) is 71.0 Å². The Morgan fingerprint density at radius 1 is 1.13 bits per heavy atom. The largest absolute Gasteiger partial charge is 0.497 e. The van der Waals surface area contributed by atoms with Gasteiger partial charge in [0.05, 0.1) is 19.7 Å². The smallest absolute Gasteiger partial charge is 0.244 e. The van der Waals surface area contributed by atoms with Gasteiger partial charge >= 0.3 is 0 Å². The van der Waals surface area contributed by atoms with Crippen molar-refractivity contribution in [2.24, 2.45) is 5.10 Å². The van der Waals surface area contributed by atoms with Gasteiger partial charge in [-0.1, -0.05) is 6.07 Å². The van der Waals surface area contributed by atoms with E-state index in [1.807, 2.05) is 62.4 Å². The minimum Gasteiger partial charge on any atom is -0.497 e. The Kier molecular flexibility index (Phi) is 5.43. The first kappa shape index (κ1) is 19.6. The number of carbonyl (C=O) groups is 1. The lowest BCUT2D eigenvalue weighted by Crippen LogP contribution is -2.19. The van der Waals surface area contributed by atoms with E-state index in [0.717, 1.165) is 34.0 Å². The summed E-state index contributed by atoms with van der Waals surface area (Å²) >= 11 is 0. The van der Waals surface area contributed by atoms with Crippen molar-refractivity contribution in [2.45, 2.75) is 20.3 Å². The molecule has 1 amide bonds. The third kappa shape index (κ3) is 4.00. The fraction of sp³-hybridized carbons (Fsp3) is 0.217. The molecule has 154 valence electrons. The lowest BCUT2D eigenvalue weighted by atomic mass is 10.1. The zero-order chi connectivity index (χ0) is 21.1. The summed E-state index contributed by atoms with van der Waals surface area (Å²) < 4.78 is 18.0. The molecule has 2 aromatic carbocycles. The molecule has 3 aromatic rings. The maximum Gasteiger partial charge on any atom is 0.244 e. The van der Waals surface area contributed by atoms with Crippen LogP contribution < -0.4 is 19.6 Å². The highest BCUT2D eigenvalue weighted by atomic mass is 16.7. The van der Waals surface area contributed by atoms with E-state index < -0.39 is 0 Å². The summed E-state index contributed by atoms with van der Waals surface area (Å²) in [4.78, 5) is 12.2. The van der Waals surface area contributed by atoms with Crippen LogP contribution in [0.5, 0.6) is 17.2 Å². The third-order valence-electron chi connectivity index (χ3n) is 5.00. The Labute approximate surface area is 174 Å². The molecular weight excluding hydrogens is 382 g/mol. The van der Waals surface area contributed by atoms with Crippen molar-refractivity contribution >= 4 is 12.1 Å². The molecule has 1 N–H and O–H groups in total. The van der Waals surface area contributed by atoms with E-state index in [-0.39, 0.29) is 19.1 Å². The van der Waals surface area contributed by atoms with Gasteiger partial charge in [0, 0.05) is 22.6 Å². The quantitative estimate of drug-likeness (QED) is 0.503. The Morgan fingerprint density at radius 3 is 2.67 bits per heavy atom. The number of carbonyl (C=O) groups excluding carboxylic acids is 1. The fourth-order valence-corrected chi connectivity index (χ4v) is 3.50. The van der Waals surface area contributed by atoms with Gasteiger partial charge in [-0.25, -0.2) is 5.43 Å². The van der Waals surface area contributed by atoms with Gasteiger partial charge in [0.15, 0.2) is 11.5 Å². The second-order valence-electron chi connectivity index (χ2n) is 7.02. The second kappa shape index (κ2) is 8.32. The normalized spacial score (nSPS) is 12.4.